The van der Waals surface area contributed by atoms with Gasteiger partial charge in [0.25, 0.3) is 5.91 Å². The van der Waals surface area contributed by atoms with Crippen molar-refractivity contribution in [3.8, 4) is 0 Å². The van der Waals surface area contributed by atoms with E-state index in [0.717, 1.165) is 0 Å². The Labute approximate surface area is 171 Å². The van der Waals surface area contributed by atoms with Crippen LogP contribution in [0.4, 0.5) is 5.69 Å². The lowest BCUT2D eigenvalue weighted by molar-refractivity contribution is -0.142. The maximum Gasteiger partial charge on any atom is 0.376 e. The van der Waals surface area contributed by atoms with Gasteiger partial charge in [0.15, 0.2) is 0 Å². The van der Waals surface area contributed by atoms with E-state index in [4.69, 9.17) is 0 Å². The first kappa shape index (κ1) is 22.0. The number of hydrazone groups is 1. The zero-order chi connectivity index (χ0) is 21.9. The molecule has 1 amide bonds. The Morgan fingerprint density at radius 1 is 1.03 bits per heavy atom. The number of ether oxygens (including phenoxy) is 1. The molecule has 0 saturated heterocycles. The molecule has 10 heteroatoms. The van der Waals surface area contributed by atoms with Crippen molar-refractivity contribution in [3.63, 3.8) is 0 Å². The number of benzene rings is 2. The molecule has 10 nitrogen and oxygen atoms in total. The predicted molar refractivity (Wildman–Crippen MR) is 106 cm³/mol. The third kappa shape index (κ3) is 6.09. The molecular weight excluding hydrogens is 392 g/mol. The molecule has 0 bridgehead atoms. The monoisotopic (exact) mass is 410 g/mol. The number of carboxylic acid groups (broad SMARTS) is 1. The largest absolute Gasteiger partial charge is 0.500 e. The van der Waals surface area contributed by atoms with Crippen molar-refractivity contribution in [2.45, 2.75) is 6.92 Å². The van der Waals surface area contributed by atoms with E-state index in [1.165, 1.54) is 37.4 Å². The van der Waals surface area contributed by atoms with Gasteiger partial charge in [-0.25, -0.2) is 15.0 Å². The minimum Gasteiger partial charge on any atom is -0.500 e. The van der Waals surface area contributed by atoms with E-state index in [0.29, 0.717) is 5.56 Å². The van der Waals surface area contributed by atoms with Crippen LogP contribution in [0.1, 0.15) is 22.8 Å². The molecule has 0 aliphatic carbocycles. The van der Waals surface area contributed by atoms with Gasteiger partial charge in [0, 0.05) is 0 Å². The summed E-state index contributed by atoms with van der Waals surface area (Å²) in [7, 11) is 0. The van der Waals surface area contributed by atoms with Gasteiger partial charge in [-0.3, -0.25) is 4.79 Å². The fraction of sp³-hybridized carbons (Fsp3) is 0.100. The van der Waals surface area contributed by atoms with Gasteiger partial charge in [-0.05, 0) is 24.6 Å². The van der Waals surface area contributed by atoms with E-state index in [1.807, 2.05) is 6.07 Å². The lowest BCUT2D eigenvalue weighted by Gasteiger charge is -2.05. The normalized spacial score (nSPS) is 11.9. The van der Waals surface area contributed by atoms with Gasteiger partial charge < -0.3 is 14.9 Å². The van der Waals surface area contributed by atoms with E-state index in [2.05, 4.69) is 25.5 Å². The van der Waals surface area contributed by atoms with E-state index in [-0.39, 0.29) is 17.9 Å². The van der Waals surface area contributed by atoms with Gasteiger partial charge in [-0.2, -0.15) is 5.10 Å². The first-order chi connectivity index (χ1) is 14.4. The second-order valence-electron chi connectivity index (χ2n) is 5.55. The Morgan fingerprint density at radius 3 is 2.37 bits per heavy atom. The minimum absolute atomic E-state index is 0.0526. The maximum atomic E-state index is 12.4. The topological polar surface area (TPSA) is 150 Å². The van der Waals surface area contributed by atoms with Crippen molar-refractivity contribution in [1.82, 2.24) is 5.43 Å². The third-order valence-corrected chi connectivity index (χ3v) is 3.48. The summed E-state index contributed by atoms with van der Waals surface area (Å²) in [5.41, 5.74) is 1.75. The fourth-order valence-corrected chi connectivity index (χ4v) is 2.10. The minimum atomic E-state index is -1.26. The highest BCUT2D eigenvalue weighted by atomic mass is 16.5. The zero-order valence-electron chi connectivity index (χ0n) is 15.8. The van der Waals surface area contributed by atoms with Crippen molar-refractivity contribution in [2.75, 3.05) is 6.61 Å². The highest BCUT2D eigenvalue weighted by Gasteiger charge is 2.22. The highest BCUT2D eigenvalue weighted by molar-refractivity contribution is 6.01. The van der Waals surface area contributed by atoms with Crippen molar-refractivity contribution >= 4 is 29.7 Å². The number of carbonyl (C=O) groups is 3. The van der Waals surface area contributed by atoms with Crippen LogP contribution in [0.15, 0.2) is 81.4 Å². The number of nitrogens with zero attached hydrogens (tertiary/aromatic N) is 3. The first-order valence-corrected chi connectivity index (χ1v) is 8.67. The molecule has 154 valence electrons. The molecule has 0 spiro atoms. The van der Waals surface area contributed by atoms with Crippen molar-refractivity contribution in [1.29, 1.82) is 0 Å². The van der Waals surface area contributed by atoms with Gasteiger partial charge in [-0.15, -0.1) is 10.2 Å². The fourth-order valence-electron chi connectivity index (χ4n) is 2.10. The van der Waals surface area contributed by atoms with Crippen LogP contribution in [0.25, 0.3) is 0 Å². The standard InChI is InChI=1S/C20H18N4O6/c1-2-30-20(29)17(25)16(18(26)24-21-12-13-8-4-3-5-9-13)23-22-15-11-7-6-10-14(15)19(27)28/h3-12,25H,2H2,1H3,(H,24,26)(H,27,28)/b17-16-,21-12?,23-22?. The molecule has 30 heavy (non-hydrogen) atoms. The Balaban J connectivity index is 2.32. The molecule has 0 aliphatic heterocycles. The van der Waals surface area contributed by atoms with Crippen molar-refractivity contribution in [2.24, 2.45) is 15.3 Å². The van der Waals surface area contributed by atoms with E-state index in [9.17, 15) is 24.6 Å². The number of nitrogens with one attached hydrogen (secondary N) is 1. The average Bonchev–Trinajstić information content (AvgIpc) is 2.74. The average molecular weight is 410 g/mol. The van der Waals surface area contributed by atoms with Crippen LogP contribution >= 0.6 is 0 Å². The molecule has 3 N–H and O–H groups in total. The second-order valence-corrected chi connectivity index (χ2v) is 5.55. The van der Waals surface area contributed by atoms with Crippen LogP contribution in [0.2, 0.25) is 0 Å². The molecule has 0 heterocycles. The summed E-state index contributed by atoms with van der Waals surface area (Å²) in [6.45, 7) is 1.46. The first-order valence-electron chi connectivity index (χ1n) is 8.67. The number of rotatable bonds is 8. The molecule has 0 aliphatic rings. The number of azo groups is 1. The Kier molecular flexibility index (Phi) is 7.94. The smallest absolute Gasteiger partial charge is 0.376 e. The van der Waals surface area contributed by atoms with Gasteiger partial charge in [0.2, 0.25) is 11.5 Å². The Morgan fingerprint density at radius 2 is 1.70 bits per heavy atom. The number of hydrogen-bond donors (Lipinski definition) is 3. The summed E-state index contributed by atoms with van der Waals surface area (Å²) in [6.07, 6.45) is 1.34. The Hall–Kier alpha value is -4.34. The van der Waals surface area contributed by atoms with Crippen molar-refractivity contribution in [3.05, 3.63) is 77.2 Å². The molecule has 2 rings (SSSR count). The third-order valence-electron chi connectivity index (χ3n) is 3.48. The van der Waals surface area contributed by atoms with Gasteiger partial charge in [0.05, 0.1) is 18.4 Å². The van der Waals surface area contributed by atoms with E-state index in [1.54, 1.807) is 24.3 Å². The molecule has 0 atom stereocenters. The lowest BCUT2D eigenvalue weighted by Crippen LogP contribution is -2.22. The highest BCUT2D eigenvalue weighted by Crippen LogP contribution is 2.20. The molecule has 0 radical (unpaired) electrons. The molecule has 0 fully saturated rings. The molecule has 0 unspecified atom stereocenters. The molecule has 2 aromatic carbocycles. The van der Waals surface area contributed by atoms with E-state index >= 15 is 0 Å². The predicted octanol–water partition coefficient (Wildman–Crippen LogP) is 2.95. The molecule has 0 saturated carbocycles. The van der Waals surface area contributed by atoms with Crippen LogP contribution in [0.5, 0.6) is 0 Å². The second kappa shape index (κ2) is 10.9. The Bertz CT molecular complexity index is 1010. The van der Waals surface area contributed by atoms with Gasteiger partial charge in [-0.1, -0.05) is 42.5 Å². The van der Waals surface area contributed by atoms with Gasteiger partial charge >= 0.3 is 11.9 Å². The number of aliphatic hydroxyl groups is 1. The summed E-state index contributed by atoms with van der Waals surface area (Å²) in [5, 5.41) is 30.3. The SMILES string of the molecule is CCOC(=O)/C(O)=C(/N=Nc1ccccc1C(=O)O)C(=O)NN=Cc1ccccc1. The summed E-state index contributed by atoms with van der Waals surface area (Å²) in [6, 6.07) is 14.5. The van der Waals surface area contributed by atoms with Gasteiger partial charge in [0.1, 0.15) is 5.69 Å². The number of aromatic carboxylic acids is 1. The molecular formula is C20H18N4O6. The van der Waals surface area contributed by atoms with Crippen LogP contribution in [0.3, 0.4) is 0 Å². The lowest BCUT2D eigenvalue weighted by atomic mass is 10.2. The molecule has 0 aromatic heterocycles. The quantitative estimate of drug-likeness (QED) is 0.152. The van der Waals surface area contributed by atoms with Crippen LogP contribution < -0.4 is 5.43 Å². The van der Waals surface area contributed by atoms with Crippen molar-refractivity contribution < 1.29 is 29.3 Å². The van der Waals surface area contributed by atoms with Crippen LogP contribution in [-0.4, -0.2) is 40.9 Å². The number of esters is 1. The van der Waals surface area contributed by atoms with Crippen LogP contribution in [-0.2, 0) is 14.3 Å². The zero-order valence-corrected chi connectivity index (χ0v) is 15.8. The summed E-state index contributed by atoms with van der Waals surface area (Å²) in [4.78, 5) is 35.5. The summed E-state index contributed by atoms with van der Waals surface area (Å²) in [5.74, 6) is -4.60. The maximum absolute atomic E-state index is 12.4. The number of carboxylic acids is 1. The number of amides is 1. The number of hydrogen-bond acceptors (Lipinski definition) is 8. The summed E-state index contributed by atoms with van der Waals surface area (Å²) < 4.78 is 4.66. The molecule has 2 aromatic rings. The number of carbonyl (C=O) groups excluding carboxylic acids is 2. The number of aliphatic hydroxyl groups excluding tert-OH is 1. The van der Waals surface area contributed by atoms with Crippen LogP contribution in [0, 0.1) is 0 Å². The summed E-state index contributed by atoms with van der Waals surface area (Å²) >= 11 is 0. The van der Waals surface area contributed by atoms with E-state index < -0.39 is 29.3 Å².